The average molecular weight is 201 g/mol. The smallest absolute Gasteiger partial charge is 0.163 e. The molecule has 0 aromatic rings. The Hall–Kier alpha value is -0.410. The number of rotatable bonds is 6. The van der Waals surface area contributed by atoms with E-state index in [0.717, 1.165) is 6.54 Å². The Morgan fingerprint density at radius 2 is 1.93 bits per heavy atom. The highest BCUT2D eigenvalue weighted by atomic mass is 16.5. The molecule has 0 fully saturated rings. The van der Waals surface area contributed by atoms with E-state index in [9.17, 15) is 4.79 Å². The van der Waals surface area contributed by atoms with Crippen LogP contribution in [-0.2, 0) is 9.53 Å². The maximum absolute atomic E-state index is 11.4. The van der Waals surface area contributed by atoms with Gasteiger partial charge >= 0.3 is 0 Å². The standard InChI is InChI=1S/C11H23NO2/c1-9(2)12-6-7-14-8-10(13)11(3,4)5/h9,12H,6-8H2,1-5H3. The Morgan fingerprint density at radius 3 is 2.36 bits per heavy atom. The second-order valence-corrected chi connectivity index (χ2v) is 4.83. The van der Waals surface area contributed by atoms with Crippen molar-refractivity contribution in [1.29, 1.82) is 0 Å². The van der Waals surface area contributed by atoms with Crippen molar-refractivity contribution in [2.24, 2.45) is 5.41 Å². The van der Waals surface area contributed by atoms with Gasteiger partial charge in [-0.05, 0) is 0 Å². The number of carbonyl (C=O) groups excluding carboxylic acids is 1. The Balaban J connectivity index is 3.42. The zero-order valence-electron chi connectivity index (χ0n) is 10.0. The predicted octanol–water partition coefficient (Wildman–Crippen LogP) is 1.62. The molecule has 0 amide bonds. The van der Waals surface area contributed by atoms with Crippen LogP contribution in [0.15, 0.2) is 0 Å². The van der Waals surface area contributed by atoms with Crippen molar-refractivity contribution in [3.05, 3.63) is 0 Å². The number of ether oxygens (including phenoxy) is 1. The minimum atomic E-state index is -0.286. The van der Waals surface area contributed by atoms with Crippen LogP contribution in [0.1, 0.15) is 34.6 Å². The minimum Gasteiger partial charge on any atom is -0.372 e. The largest absolute Gasteiger partial charge is 0.372 e. The SMILES string of the molecule is CC(C)NCCOCC(=O)C(C)(C)C. The van der Waals surface area contributed by atoms with E-state index in [4.69, 9.17) is 4.74 Å². The summed E-state index contributed by atoms with van der Waals surface area (Å²) < 4.78 is 5.26. The fourth-order valence-electron chi connectivity index (χ4n) is 0.801. The summed E-state index contributed by atoms with van der Waals surface area (Å²) in [5.74, 6) is 0.155. The number of carbonyl (C=O) groups is 1. The maximum atomic E-state index is 11.4. The normalized spacial score (nSPS) is 12.1. The van der Waals surface area contributed by atoms with E-state index in [2.05, 4.69) is 19.2 Å². The molecule has 0 aliphatic heterocycles. The summed E-state index contributed by atoms with van der Waals surface area (Å²) in [7, 11) is 0. The van der Waals surface area contributed by atoms with E-state index >= 15 is 0 Å². The molecule has 84 valence electrons. The molecule has 0 spiro atoms. The highest BCUT2D eigenvalue weighted by Crippen LogP contribution is 2.14. The van der Waals surface area contributed by atoms with Crippen molar-refractivity contribution < 1.29 is 9.53 Å². The van der Waals surface area contributed by atoms with Crippen LogP contribution in [-0.4, -0.2) is 31.6 Å². The van der Waals surface area contributed by atoms with Gasteiger partial charge in [-0.25, -0.2) is 0 Å². The van der Waals surface area contributed by atoms with Crippen LogP contribution in [0.5, 0.6) is 0 Å². The van der Waals surface area contributed by atoms with Crippen LogP contribution >= 0.6 is 0 Å². The lowest BCUT2D eigenvalue weighted by molar-refractivity contribution is -0.131. The molecule has 0 radical (unpaired) electrons. The van der Waals surface area contributed by atoms with Crippen molar-refractivity contribution in [3.8, 4) is 0 Å². The van der Waals surface area contributed by atoms with E-state index in [1.54, 1.807) is 0 Å². The molecule has 0 rings (SSSR count). The highest BCUT2D eigenvalue weighted by molar-refractivity contribution is 5.84. The van der Waals surface area contributed by atoms with E-state index in [-0.39, 0.29) is 17.8 Å². The lowest BCUT2D eigenvalue weighted by Crippen LogP contribution is -2.29. The molecular formula is C11H23NO2. The van der Waals surface area contributed by atoms with Crippen LogP contribution in [0, 0.1) is 5.41 Å². The number of hydrogen-bond donors (Lipinski definition) is 1. The van der Waals surface area contributed by atoms with E-state index in [0.29, 0.717) is 12.6 Å². The molecule has 0 bridgehead atoms. The van der Waals surface area contributed by atoms with E-state index in [1.807, 2.05) is 20.8 Å². The van der Waals surface area contributed by atoms with Crippen molar-refractivity contribution in [3.63, 3.8) is 0 Å². The Kier molecular flexibility index (Phi) is 5.96. The first-order chi connectivity index (χ1) is 6.34. The number of Topliss-reactive ketones (excluding diaryl/α,β-unsaturated/α-hetero) is 1. The molecule has 0 atom stereocenters. The lowest BCUT2D eigenvalue weighted by atomic mass is 9.91. The van der Waals surface area contributed by atoms with Crippen LogP contribution in [0.3, 0.4) is 0 Å². The molecule has 3 nitrogen and oxygen atoms in total. The van der Waals surface area contributed by atoms with Crippen LogP contribution in [0.4, 0.5) is 0 Å². The molecular weight excluding hydrogens is 178 g/mol. The Bertz CT molecular complexity index is 171. The first-order valence-corrected chi connectivity index (χ1v) is 5.18. The molecule has 0 saturated heterocycles. The van der Waals surface area contributed by atoms with Gasteiger partial charge in [0.05, 0.1) is 6.61 Å². The molecule has 1 N–H and O–H groups in total. The third-order valence-electron chi connectivity index (χ3n) is 1.87. The van der Waals surface area contributed by atoms with Gasteiger partial charge in [-0.1, -0.05) is 34.6 Å². The maximum Gasteiger partial charge on any atom is 0.163 e. The minimum absolute atomic E-state index is 0.155. The third kappa shape index (κ3) is 7.04. The van der Waals surface area contributed by atoms with Crippen molar-refractivity contribution >= 4 is 5.78 Å². The first kappa shape index (κ1) is 13.6. The van der Waals surface area contributed by atoms with Gasteiger partial charge in [0.2, 0.25) is 0 Å². The molecule has 0 heterocycles. The average Bonchev–Trinajstić information content (AvgIpc) is 2.01. The molecule has 3 heteroatoms. The Morgan fingerprint density at radius 1 is 1.36 bits per heavy atom. The zero-order valence-corrected chi connectivity index (χ0v) is 10.0. The summed E-state index contributed by atoms with van der Waals surface area (Å²) in [4.78, 5) is 11.4. The van der Waals surface area contributed by atoms with Crippen LogP contribution in [0.25, 0.3) is 0 Å². The van der Waals surface area contributed by atoms with Gasteiger partial charge in [-0.15, -0.1) is 0 Å². The summed E-state index contributed by atoms with van der Waals surface area (Å²) in [6.45, 7) is 11.5. The molecule has 0 aliphatic carbocycles. The van der Waals surface area contributed by atoms with Crippen LogP contribution < -0.4 is 5.32 Å². The number of nitrogens with one attached hydrogen (secondary N) is 1. The van der Waals surface area contributed by atoms with Crippen molar-refractivity contribution in [1.82, 2.24) is 5.32 Å². The molecule has 0 aliphatic rings. The fraction of sp³-hybridized carbons (Fsp3) is 0.909. The van der Waals surface area contributed by atoms with Crippen molar-refractivity contribution in [2.45, 2.75) is 40.7 Å². The summed E-state index contributed by atoms with van der Waals surface area (Å²) in [5, 5.41) is 3.22. The van der Waals surface area contributed by atoms with E-state index < -0.39 is 0 Å². The summed E-state index contributed by atoms with van der Waals surface area (Å²) in [5.41, 5.74) is -0.286. The summed E-state index contributed by atoms with van der Waals surface area (Å²) in [6.07, 6.45) is 0. The van der Waals surface area contributed by atoms with Gasteiger partial charge < -0.3 is 10.1 Å². The molecule has 0 unspecified atom stereocenters. The molecule has 14 heavy (non-hydrogen) atoms. The Labute approximate surface area is 87.2 Å². The number of ketones is 1. The molecule has 0 aromatic carbocycles. The monoisotopic (exact) mass is 201 g/mol. The first-order valence-electron chi connectivity index (χ1n) is 5.18. The quantitative estimate of drug-likeness (QED) is 0.664. The van der Waals surface area contributed by atoms with Gasteiger partial charge in [0.15, 0.2) is 5.78 Å². The second kappa shape index (κ2) is 6.14. The molecule has 0 aromatic heterocycles. The summed E-state index contributed by atoms with van der Waals surface area (Å²) >= 11 is 0. The van der Waals surface area contributed by atoms with E-state index in [1.165, 1.54) is 0 Å². The fourth-order valence-corrected chi connectivity index (χ4v) is 0.801. The molecule has 0 saturated carbocycles. The lowest BCUT2D eigenvalue weighted by Gasteiger charge is -2.16. The van der Waals surface area contributed by atoms with Gasteiger partial charge in [-0.2, -0.15) is 0 Å². The highest BCUT2D eigenvalue weighted by Gasteiger charge is 2.20. The number of hydrogen-bond acceptors (Lipinski definition) is 3. The van der Waals surface area contributed by atoms with Gasteiger partial charge in [0.25, 0.3) is 0 Å². The van der Waals surface area contributed by atoms with Crippen LogP contribution in [0.2, 0.25) is 0 Å². The summed E-state index contributed by atoms with van der Waals surface area (Å²) in [6, 6.07) is 0.469. The topological polar surface area (TPSA) is 38.3 Å². The third-order valence-corrected chi connectivity index (χ3v) is 1.87. The van der Waals surface area contributed by atoms with Gasteiger partial charge in [0, 0.05) is 18.0 Å². The predicted molar refractivity (Wildman–Crippen MR) is 58.4 cm³/mol. The zero-order chi connectivity index (χ0) is 11.2. The second-order valence-electron chi connectivity index (χ2n) is 4.83. The van der Waals surface area contributed by atoms with Gasteiger partial charge in [0.1, 0.15) is 6.61 Å². The van der Waals surface area contributed by atoms with Crippen molar-refractivity contribution in [2.75, 3.05) is 19.8 Å². The van der Waals surface area contributed by atoms with Gasteiger partial charge in [-0.3, -0.25) is 4.79 Å².